The molecule has 13 atom stereocenters. The predicted octanol–water partition coefficient (Wildman–Crippen LogP) is 0.375. The standard InChI is InChI=1S/C26H43ClF3N7O3S/c1-11-5-14(15-6-20(27)32-8-18(15)40-4)16(7-31-11)23(38)36-25-35-17-9-37(10-19(17)41-25)24(39)21-12(2)34-22(13(3)33-21)26(28,29)30/h11-22,25,31-35H,5-10H2,1-4H3,(H,36,38). The van der Waals surface area contributed by atoms with Crippen LogP contribution in [0.4, 0.5) is 13.2 Å². The van der Waals surface area contributed by atoms with Crippen molar-refractivity contribution >= 4 is 35.2 Å². The quantitative estimate of drug-likeness (QED) is 0.190. The largest absolute Gasteiger partial charge is 0.405 e. The van der Waals surface area contributed by atoms with Gasteiger partial charge in [0.15, 0.2) is 0 Å². The number of halogens is 4. The minimum absolute atomic E-state index is 0.00337. The van der Waals surface area contributed by atoms with Gasteiger partial charge in [0, 0.05) is 62.7 Å². The van der Waals surface area contributed by atoms with Crippen LogP contribution in [0, 0.1) is 17.8 Å². The summed E-state index contributed by atoms with van der Waals surface area (Å²) in [4.78, 5) is 28.6. The average molecular weight is 626 g/mol. The number of hydrogen-bond acceptors (Lipinski definition) is 9. The second kappa shape index (κ2) is 12.6. The summed E-state index contributed by atoms with van der Waals surface area (Å²) in [5.41, 5.74) is -0.419. The fourth-order valence-corrected chi connectivity index (χ4v) is 9.06. The van der Waals surface area contributed by atoms with Crippen molar-refractivity contribution < 1.29 is 27.5 Å². The van der Waals surface area contributed by atoms with Gasteiger partial charge in [0.1, 0.15) is 17.6 Å². The SMILES string of the molecule is COC1CNC(Cl)CC1C1CC(C)NCC1C(=O)NC1NC2CN(C(=O)C3NC(C)C(C(F)(F)F)NC3C)CC2S1. The Morgan fingerprint density at radius 3 is 2.44 bits per heavy atom. The molecule has 0 radical (unpaired) electrons. The molecule has 13 unspecified atom stereocenters. The Kier molecular flexibility index (Phi) is 9.72. The number of fused-ring (bicyclic) bond motifs is 1. The van der Waals surface area contributed by atoms with Gasteiger partial charge in [0.05, 0.1) is 17.5 Å². The number of rotatable bonds is 5. The third kappa shape index (κ3) is 6.79. The molecule has 0 saturated carbocycles. The van der Waals surface area contributed by atoms with E-state index in [0.717, 1.165) is 12.8 Å². The molecule has 5 rings (SSSR count). The highest BCUT2D eigenvalue weighted by Crippen LogP contribution is 2.39. The number of hydrogen-bond donors (Lipinski definition) is 6. The fourth-order valence-electron chi connectivity index (χ4n) is 7.35. The first kappa shape index (κ1) is 31.6. The maximum absolute atomic E-state index is 13.6. The zero-order chi connectivity index (χ0) is 29.6. The third-order valence-electron chi connectivity index (χ3n) is 9.55. The molecule has 5 fully saturated rings. The lowest BCUT2D eigenvalue weighted by molar-refractivity contribution is -0.171. The number of nitrogens with one attached hydrogen (secondary N) is 6. The smallest absolute Gasteiger partial charge is 0.380 e. The molecule has 234 valence electrons. The van der Waals surface area contributed by atoms with Crippen LogP contribution in [-0.4, -0.2) is 115 Å². The van der Waals surface area contributed by atoms with Crippen LogP contribution in [-0.2, 0) is 14.3 Å². The minimum atomic E-state index is -4.39. The van der Waals surface area contributed by atoms with Gasteiger partial charge in [-0.3, -0.25) is 20.2 Å². The van der Waals surface area contributed by atoms with Crippen molar-refractivity contribution in [3.8, 4) is 0 Å². The number of nitrogens with zero attached hydrogens (tertiary/aromatic N) is 1. The number of piperidine rings is 2. The molecule has 0 aromatic carbocycles. The number of methoxy groups -OCH3 is 1. The first-order valence-corrected chi connectivity index (χ1v) is 16.0. The number of alkyl halides is 4. The van der Waals surface area contributed by atoms with Gasteiger partial charge in [-0.1, -0.05) is 0 Å². The van der Waals surface area contributed by atoms with Crippen LogP contribution >= 0.6 is 23.4 Å². The molecule has 0 aliphatic carbocycles. The number of likely N-dealkylation sites (tertiary alicyclic amines) is 1. The highest BCUT2D eigenvalue weighted by atomic mass is 35.5. The third-order valence-corrected chi connectivity index (χ3v) is 11.2. The lowest BCUT2D eigenvalue weighted by Gasteiger charge is -2.45. The molecule has 5 aliphatic heterocycles. The van der Waals surface area contributed by atoms with E-state index in [0.29, 0.717) is 32.2 Å². The molecule has 0 spiro atoms. The Morgan fingerprint density at radius 1 is 1.00 bits per heavy atom. The normalized spacial score (nSPS) is 45.4. The van der Waals surface area contributed by atoms with E-state index < -0.39 is 30.3 Å². The zero-order valence-corrected chi connectivity index (χ0v) is 25.4. The predicted molar refractivity (Wildman–Crippen MR) is 151 cm³/mol. The van der Waals surface area contributed by atoms with Crippen molar-refractivity contribution in [2.75, 3.05) is 33.3 Å². The minimum Gasteiger partial charge on any atom is -0.380 e. The van der Waals surface area contributed by atoms with Crippen LogP contribution in [0.15, 0.2) is 0 Å². The number of amides is 2. The summed E-state index contributed by atoms with van der Waals surface area (Å²) >= 11 is 8.05. The molecule has 15 heteroatoms. The topological polar surface area (TPSA) is 119 Å². The van der Waals surface area contributed by atoms with Crippen LogP contribution in [0.25, 0.3) is 0 Å². The van der Waals surface area contributed by atoms with Crippen molar-refractivity contribution in [2.45, 2.75) is 98.4 Å². The molecular weight excluding hydrogens is 583 g/mol. The van der Waals surface area contributed by atoms with Crippen LogP contribution in [0.5, 0.6) is 0 Å². The van der Waals surface area contributed by atoms with Gasteiger partial charge in [0.2, 0.25) is 11.8 Å². The number of carbonyl (C=O) groups excluding carboxylic acids is 2. The van der Waals surface area contributed by atoms with Gasteiger partial charge >= 0.3 is 6.18 Å². The molecule has 0 aromatic rings. The Balaban J connectivity index is 1.15. The highest BCUT2D eigenvalue weighted by molar-refractivity contribution is 8.00. The first-order chi connectivity index (χ1) is 19.3. The van der Waals surface area contributed by atoms with Crippen LogP contribution in [0.2, 0.25) is 0 Å². The lowest BCUT2D eigenvalue weighted by Crippen LogP contribution is -2.71. The summed E-state index contributed by atoms with van der Waals surface area (Å²) in [5.74, 6) is -0.118. The Morgan fingerprint density at radius 2 is 1.76 bits per heavy atom. The average Bonchev–Trinajstić information content (AvgIpc) is 3.47. The second-order valence-electron chi connectivity index (χ2n) is 12.4. The summed E-state index contributed by atoms with van der Waals surface area (Å²) in [7, 11) is 1.71. The van der Waals surface area contributed by atoms with Crippen LogP contribution in [0.1, 0.15) is 33.6 Å². The van der Waals surface area contributed by atoms with E-state index in [1.807, 2.05) is 0 Å². The first-order valence-electron chi connectivity index (χ1n) is 14.6. The summed E-state index contributed by atoms with van der Waals surface area (Å²) in [6, 6.07) is -3.74. The maximum Gasteiger partial charge on any atom is 0.405 e. The number of thioether (sulfide) groups is 1. The summed E-state index contributed by atoms with van der Waals surface area (Å²) in [5, 5.41) is 18.9. The molecule has 0 aromatic heterocycles. The molecule has 0 bridgehead atoms. The van der Waals surface area contributed by atoms with E-state index in [4.69, 9.17) is 16.3 Å². The van der Waals surface area contributed by atoms with Crippen molar-refractivity contribution in [1.29, 1.82) is 0 Å². The Hall–Kier alpha value is -0.870. The molecule has 10 nitrogen and oxygen atoms in total. The lowest BCUT2D eigenvalue weighted by atomic mass is 9.70. The number of piperazine rings is 1. The molecule has 5 aliphatic rings. The van der Waals surface area contributed by atoms with Crippen LogP contribution in [0.3, 0.4) is 0 Å². The van der Waals surface area contributed by atoms with E-state index in [2.05, 4.69) is 38.8 Å². The van der Waals surface area contributed by atoms with Gasteiger partial charge in [-0.05, 0) is 45.4 Å². The van der Waals surface area contributed by atoms with Crippen molar-refractivity contribution in [3.63, 3.8) is 0 Å². The summed E-state index contributed by atoms with van der Waals surface area (Å²) in [6.45, 7) is 7.36. The highest BCUT2D eigenvalue weighted by Gasteiger charge is 2.51. The van der Waals surface area contributed by atoms with Crippen LogP contribution < -0.4 is 31.9 Å². The zero-order valence-electron chi connectivity index (χ0n) is 23.8. The summed E-state index contributed by atoms with van der Waals surface area (Å²) in [6.07, 6.45) is -2.79. The van der Waals surface area contributed by atoms with E-state index in [1.54, 1.807) is 30.7 Å². The Labute approximate surface area is 248 Å². The van der Waals surface area contributed by atoms with E-state index in [9.17, 15) is 22.8 Å². The fraction of sp³-hybridized carbons (Fsp3) is 0.923. The van der Waals surface area contributed by atoms with E-state index >= 15 is 0 Å². The maximum atomic E-state index is 13.6. The van der Waals surface area contributed by atoms with Crippen molar-refractivity contribution in [3.05, 3.63) is 0 Å². The van der Waals surface area contributed by atoms with Crippen molar-refractivity contribution in [1.82, 2.24) is 36.8 Å². The van der Waals surface area contributed by atoms with Gasteiger partial charge < -0.3 is 30.9 Å². The van der Waals surface area contributed by atoms with E-state index in [1.165, 1.54) is 6.92 Å². The molecule has 5 saturated heterocycles. The summed E-state index contributed by atoms with van der Waals surface area (Å²) < 4.78 is 45.7. The molecule has 41 heavy (non-hydrogen) atoms. The number of ether oxygens (including phenoxy) is 1. The second-order valence-corrected chi connectivity index (χ2v) is 14.2. The monoisotopic (exact) mass is 625 g/mol. The van der Waals surface area contributed by atoms with Gasteiger partial charge in [-0.25, -0.2) is 0 Å². The molecule has 5 heterocycles. The van der Waals surface area contributed by atoms with Crippen molar-refractivity contribution in [2.24, 2.45) is 17.8 Å². The van der Waals surface area contributed by atoms with Gasteiger partial charge in [-0.15, -0.1) is 23.4 Å². The molecule has 6 N–H and O–H groups in total. The number of carbonyl (C=O) groups is 2. The Bertz CT molecular complexity index is 956. The van der Waals surface area contributed by atoms with E-state index in [-0.39, 0.29) is 58.0 Å². The van der Waals surface area contributed by atoms with Gasteiger partial charge in [0.25, 0.3) is 0 Å². The van der Waals surface area contributed by atoms with Gasteiger partial charge in [-0.2, -0.15) is 13.2 Å². The molecule has 2 amide bonds. The molecular formula is C26H43ClF3N7O3S.